The molecule has 0 aliphatic rings. The van der Waals surface area contributed by atoms with Crippen molar-refractivity contribution in [2.24, 2.45) is 0 Å². The molecule has 0 spiro atoms. The molecular weight excluding hydrogens is 266 g/mol. The molecule has 0 aliphatic carbocycles. The number of hydrogen-bond acceptors (Lipinski definition) is 3. The number of thiophene rings is 1. The first-order valence-corrected chi connectivity index (χ1v) is 7.53. The van der Waals surface area contributed by atoms with Gasteiger partial charge in [-0.1, -0.05) is 30.3 Å². The minimum Gasteiger partial charge on any atom is -0.497 e. The zero-order chi connectivity index (χ0) is 13.8. The Kier molecular flexibility index (Phi) is 4.00. The maximum Gasteiger partial charge on any atom is 0.118 e. The lowest BCUT2D eigenvalue weighted by molar-refractivity contribution is 0.414. The minimum absolute atomic E-state index is 0.869. The topological polar surface area (TPSA) is 21.3 Å². The van der Waals surface area contributed by atoms with Gasteiger partial charge in [-0.3, -0.25) is 0 Å². The van der Waals surface area contributed by atoms with Crippen LogP contribution in [0, 0.1) is 0 Å². The van der Waals surface area contributed by atoms with Crippen LogP contribution in [-0.4, -0.2) is 7.11 Å². The summed E-state index contributed by atoms with van der Waals surface area (Å²) in [5.41, 5.74) is 2.64. The van der Waals surface area contributed by atoms with E-state index in [1.807, 2.05) is 23.5 Å². The first-order chi connectivity index (χ1) is 9.86. The maximum atomic E-state index is 5.16. The third kappa shape index (κ3) is 2.84. The second-order valence-corrected chi connectivity index (χ2v) is 5.62. The number of hydrogen-bond donors (Lipinski definition) is 1. The van der Waals surface area contributed by atoms with Gasteiger partial charge in [0.15, 0.2) is 0 Å². The van der Waals surface area contributed by atoms with Crippen LogP contribution < -0.4 is 10.1 Å². The summed E-state index contributed by atoms with van der Waals surface area (Å²) in [7, 11) is 1.69. The van der Waals surface area contributed by atoms with Crippen LogP contribution in [0.3, 0.4) is 0 Å². The molecule has 2 aromatic carbocycles. The van der Waals surface area contributed by atoms with Gasteiger partial charge >= 0.3 is 0 Å². The van der Waals surface area contributed by atoms with Crippen molar-refractivity contribution in [1.82, 2.24) is 5.32 Å². The largest absolute Gasteiger partial charge is 0.497 e. The molecule has 1 aromatic heterocycles. The van der Waals surface area contributed by atoms with E-state index in [1.165, 1.54) is 21.2 Å². The molecule has 3 heteroatoms. The molecule has 0 saturated heterocycles. The lowest BCUT2D eigenvalue weighted by atomic mass is 10.1. The summed E-state index contributed by atoms with van der Waals surface area (Å²) in [4.78, 5) is 0. The van der Waals surface area contributed by atoms with Crippen LogP contribution in [-0.2, 0) is 13.1 Å². The second-order valence-electron chi connectivity index (χ2n) is 4.71. The number of rotatable bonds is 5. The van der Waals surface area contributed by atoms with Crippen LogP contribution in [0.5, 0.6) is 5.75 Å². The predicted octanol–water partition coefficient (Wildman–Crippen LogP) is 4.20. The van der Waals surface area contributed by atoms with Gasteiger partial charge in [-0.15, -0.1) is 11.3 Å². The third-order valence-corrected chi connectivity index (χ3v) is 4.38. The van der Waals surface area contributed by atoms with Crippen molar-refractivity contribution in [2.45, 2.75) is 13.1 Å². The van der Waals surface area contributed by atoms with Crippen molar-refractivity contribution in [3.05, 3.63) is 65.0 Å². The summed E-state index contributed by atoms with van der Waals surface area (Å²) in [6.45, 7) is 1.77. The molecule has 0 aliphatic heterocycles. The van der Waals surface area contributed by atoms with Crippen molar-refractivity contribution < 1.29 is 4.74 Å². The molecule has 3 aromatic rings. The zero-order valence-corrected chi connectivity index (χ0v) is 12.2. The highest BCUT2D eigenvalue weighted by Crippen LogP contribution is 2.25. The predicted molar refractivity (Wildman–Crippen MR) is 85.4 cm³/mol. The fraction of sp³-hybridized carbons (Fsp3) is 0.176. The molecule has 20 heavy (non-hydrogen) atoms. The first-order valence-electron chi connectivity index (χ1n) is 6.65. The SMILES string of the molecule is COc1ccc(CNCc2csc3ccccc23)cc1. The van der Waals surface area contributed by atoms with Crippen molar-refractivity contribution in [3.63, 3.8) is 0 Å². The van der Waals surface area contributed by atoms with Gasteiger partial charge in [-0.25, -0.2) is 0 Å². The standard InChI is InChI=1S/C17H17NOS/c1-19-15-8-6-13(7-9-15)10-18-11-14-12-20-17-5-3-2-4-16(14)17/h2-9,12,18H,10-11H2,1H3. The molecule has 0 radical (unpaired) electrons. The Hall–Kier alpha value is -1.84. The molecule has 0 atom stereocenters. The van der Waals surface area contributed by atoms with Crippen molar-refractivity contribution in [3.8, 4) is 5.75 Å². The maximum absolute atomic E-state index is 5.16. The Morgan fingerprint density at radius 2 is 1.80 bits per heavy atom. The van der Waals surface area contributed by atoms with E-state index in [9.17, 15) is 0 Å². The summed E-state index contributed by atoms with van der Waals surface area (Å²) in [6.07, 6.45) is 0. The average molecular weight is 283 g/mol. The van der Waals surface area contributed by atoms with E-state index in [2.05, 4.69) is 47.1 Å². The van der Waals surface area contributed by atoms with E-state index in [0.717, 1.165) is 18.8 Å². The highest BCUT2D eigenvalue weighted by atomic mass is 32.1. The van der Waals surface area contributed by atoms with Crippen LogP contribution in [0.15, 0.2) is 53.9 Å². The molecule has 0 saturated carbocycles. The normalized spacial score (nSPS) is 10.8. The molecule has 0 amide bonds. The summed E-state index contributed by atoms with van der Waals surface area (Å²) >= 11 is 1.81. The fourth-order valence-electron chi connectivity index (χ4n) is 2.25. The van der Waals surface area contributed by atoms with Crippen LogP contribution in [0.25, 0.3) is 10.1 Å². The fourth-order valence-corrected chi connectivity index (χ4v) is 3.22. The van der Waals surface area contributed by atoms with Crippen LogP contribution in [0.1, 0.15) is 11.1 Å². The Labute approximate surface area is 123 Å². The molecule has 0 fully saturated rings. The Morgan fingerprint density at radius 3 is 2.60 bits per heavy atom. The number of ether oxygens (including phenoxy) is 1. The smallest absolute Gasteiger partial charge is 0.118 e. The van der Waals surface area contributed by atoms with E-state index < -0.39 is 0 Å². The molecular formula is C17H17NOS. The van der Waals surface area contributed by atoms with Crippen molar-refractivity contribution >= 4 is 21.4 Å². The molecule has 2 nitrogen and oxygen atoms in total. The van der Waals surface area contributed by atoms with Gasteiger partial charge in [0, 0.05) is 17.8 Å². The highest BCUT2D eigenvalue weighted by molar-refractivity contribution is 7.17. The molecule has 1 N–H and O–H groups in total. The van der Waals surface area contributed by atoms with E-state index in [0.29, 0.717) is 0 Å². The third-order valence-electron chi connectivity index (χ3n) is 3.36. The lowest BCUT2D eigenvalue weighted by Gasteiger charge is -2.05. The van der Waals surface area contributed by atoms with Gasteiger partial charge in [0.2, 0.25) is 0 Å². The summed E-state index contributed by atoms with van der Waals surface area (Å²) in [5, 5.41) is 7.10. The Bertz CT molecular complexity index is 688. The molecule has 0 bridgehead atoms. The second kappa shape index (κ2) is 6.07. The number of methoxy groups -OCH3 is 1. The van der Waals surface area contributed by atoms with Crippen LogP contribution in [0.2, 0.25) is 0 Å². The first kappa shape index (κ1) is 13.2. The zero-order valence-electron chi connectivity index (χ0n) is 11.4. The summed E-state index contributed by atoms with van der Waals surface area (Å²) in [6, 6.07) is 16.7. The monoisotopic (exact) mass is 283 g/mol. The molecule has 0 unspecified atom stereocenters. The average Bonchev–Trinajstić information content (AvgIpc) is 2.92. The van der Waals surface area contributed by atoms with Gasteiger partial charge in [-0.2, -0.15) is 0 Å². The van der Waals surface area contributed by atoms with E-state index in [1.54, 1.807) is 7.11 Å². The number of fused-ring (bicyclic) bond motifs is 1. The van der Waals surface area contributed by atoms with E-state index in [-0.39, 0.29) is 0 Å². The Balaban J connectivity index is 1.62. The van der Waals surface area contributed by atoms with Gasteiger partial charge in [0.05, 0.1) is 7.11 Å². The highest BCUT2D eigenvalue weighted by Gasteiger charge is 2.02. The minimum atomic E-state index is 0.869. The van der Waals surface area contributed by atoms with Gasteiger partial charge in [0.1, 0.15) is 5.75 Å². The van der Waals surface area contributed by atoms with E-state index >= 15 is 0 Å². The molecule has 102 valence electrons. The number of nitrogens with one attached hydrogen (secondary N) is 1. The van der Waals surface area contributed by atoms with Crippen LogP contribution in [0.4, 0.5) is 0 Å². The summed E-state index contributed by atoms with van der Waals surface area (Å²) < 4.78 is 6.52. The Morgan fingerprint density at radius 1 is 1.00 bits per heavy atom. The van der Waals surface area contributed by atoms with E-state index in [4.69, 9.17) is 4.74 Å². The quantitative estimate of drug-likeness (QED) is 0.757. The molecule has 1 heterocycles. The van der Waals surface area contributed by atoms with Gasteiger partial charge in [0.25, 0.3) is 0 Å². The van der Waals surface area contributed by atoms with Crippen LogP contribution >= 0.6 is 11.3 Å². The number of benzene rings is 2. The summed E-state index contributed by atoms with van der Waals surface area (Å²) in [5.74, 6) is 0.901. The molecule has 3 rings (SSSR count). The van der Waals surface area contributed by atoms with Crippen molar-refractivity contribution in [1.29, 1.82) is 0 Å². The van der Waals surface area contributed by atoms with Crippen molar-refractivity contribution in [2.75, 3.05) is 7.11 Å². The van der Waals surface area contributed by atoms with Gasteiger partial charge in [-0.05, 0) is 40.1 Å². The lowest BCUT2D eigenvalue weighted by Crippen LogP contribution is -2.12. The van der Waals surface area contributed by atoms with Gasteiger partial charge < -0.3 is 10.1 Å².